The molecule has 0 radical (unpaired) electrons. The normalized spacial score (nSPS) is 10.6. The summed E-state index contributed by atoms with van der Waals surface area (Å²) < 4.78 is 1.63. The van der Waals surface area contributed by atoms with Gasteiger partial charge in [-0.05, 0) is 25.5 Å². The molecule has 0 fully saturated rings. The summed E-state index contributed by atoms with van der Waals surface area (Å²) >= 11 is 1.47. The van der Waals surface area contributed by atoms with Crippen molar-refractivity contribution in [3.63, 3.8) is 0 Å². The molecule has 6 heteroatoms. The highest BCUT2D eigenvalue weighted by Gasteiger charge is 2.15. The average Bonchev–Trinajstić information content (AvgIpc) is 3.10. The number of rotatable bonds is 3. The second-order valence-electron chi connectivity index (χ2n) is 4.66. The first-order chi connectivity index (χ1) is 10.1. The Balaban J connectivity index is 1.87. The number of nitrogens with zero attached hydrogens (tertiary/aromatic N) is 3. The van der Waals surface area contributed by atoms with Crippen molar-refractivity contribution in [2.45, 2.75) is 13.8 Å². The number of hydrogen-bond donors (Lipinski definition) is 1. The van der Waals surface area contributed by atoms with Gasteiger partial charge in [-0.3, -0.25) is 4.79 Å². The largest absolute Gasteiger partial charge is 0.322 e. The maximum Gasteiger partial charge on any atom is 0.259 e. The van der Waals surface area contributed by atoms with Gasteiger partial charge in [0.1, 0.15) is 0 Å². The number of hydrogen-bond acceptors (Lipinski definition) is 4. The van der Waals surface area contributed by atoms with Gasteiger partial charge in [0, 0.05) is 23.5 Å². The third-order valence-corrected chi connectivity index (χ3v) is 3.91. The molecule has 106 valence electrons. The molecule has 1 N–H and O–H groups in total. The molecule has 0 unspecified atom stereocenters. The van der Waals surface area contributed by atoms with Gasteiger partial charge in [0.15, 0.2) is 0 Å². The van der Waals surface area contributed by atoms with Crippen molar-refractivity contribution in [1.82, 2.24) is 14.8 Å². The van der Waals surface area contributed by atoms with Crippen molar-refractivity contribution < 1.29 is 4.79 Å². The average molecular weight is 298 g/mol. The highest BCUT2D eigenvalue weighted by molar-refractivity contribution is 7.12. The number of para-hydroxylation sites is 1. The summed E-state index contributed by atoms with van der Waals surface area (Å²) in [5, 5.41) is 9.88. The van der Waals surface area contributed by atoms with Gasteiger partial charge in [-0.25, -0.2) is 9.67 Å². The van der Waals surface area contributed by atoms with Gasteiger partial charge in [0.2, 0.25) is 5.13 Å². The summed E-state index contributed by atoms with van der Waals surface area (Å²) in [5.41, 5.74) is 3.06. The molecule has 3 rings (SSSR count). The summed E-state index contributed by atoms with van der Waals surface area (Å²) in [6, 6.07) is 7.68. The molecule has 2 aromatic heterocycles. The van der Waals surface area contributed by atoms with Crippen LogP contribution in [0, 0.1) is 13.8 Å². The highest BCUT2D eigenvalue weighted by Crippen LogP contribution is 2.17. The number of anilines is 1. The molecule has 0 aliphatic carbocycles. The Morgan fingerprint density at radius 1 is 1.29 bits per heavy atom. The Hall–Kier alpha value is -2.47. The number of benzene rings is 1. The molecule has 2 heterocycles. The minimum atomic E-state index is -0.162. The molecule has 0 aliphatic rings. The highest BCUT2D eigenvalue weighted by atomic mass is 32.1. The van der Waals surface area contributed by atoms with E-state index in [1.54, 1.807) is 17.1 Å². The van der Waals surface area contributed by atoms with E-state index in [2.05, 4.69) is 15.4 Å². The molecule has 0 saturated carbocycles. The minimum Gasteiger partial charge on any atom is -0.322 e. The summed E-state index contributed by atoms with van der Waals surface area (Å²) in [5.74, 6) is -0.162. The molecule has 0 atom stereocenters. The van der Waals surface area contributed by atoms with E-state index in [1.165, 1.54) is 11.3 Å². The van der Waals surface area contributed by atoms with Gasteiger partial charge >= 0.3 is 0 Å². The molecule has 0 bridgehead atoms. The fraction of sp³-hybridized carbons (Fsp3) is 0.133. The van der Waals surface area contributed by atoms with Crippen LogP contribution >= 0.6 is 11.3 Å². The molecule has 5 nitrogen and oxygen atoms in total. The topological polar surface area (TPSA) is 59.8 Å². The summed E-state index contributed by atoms with van der Waals surface area (Å²) in [6.45, 7) is 3.78. The molecule has 21 heavy (non-hydrogen) atoms. The molecular weight excluding hydrogens is 284 g/mol. The number of carbonyl (C=O) groups excluding carboxylic acids is 1. The van der Waals surface area contributed by atoms with Gasteiger partial charge in [-0.1, -0.05) is 18.2 Å². The third kappa shape index (κ3) is 2.71. The predicted octanol–water partition coefficient (Wildman–Crippen LogP) is 3.20. The van der Waals surface area contributed by atoms with Crippen molar-refractivity contribution in [1.29, 1.82) is 0 Å². The second kappa shape index (κ2) is 5.49. The Labute approximate surface area is 126 Å². The van der Waals surface area contributed by atoms with Crippen LogP contribution in [0.25, 0.3) is 5.13 Å². The smallest absolute Gasteiger partial charge is 0.259 e. The first-order valence-corrected chi connectivity index (χ1v) is 7.36. The lowest BCUT2D eigenvalue weighted by molar-refractivity contribution is 0.102. The van der Waals surface area contributed by atoms with Crippen LogP contribution in [0.3, 0.4) is 0 Å². The van der Waals surface area contributed by atoms with Crippen LogP contribution < -0.4 is 5.32 Å². The third-order valence-electron chi connectivity index (χ3n) is 3.15. The van der Waals surface area contributed by atoms with E-state index in [-0.39, 0.29) is 5.91 Å². The van der Waals surface area contributed by atoms with Crippen LogP contribution in [-0.2, 0) is 0 Å². The molecular formula is C15H14N4OS. The zero-order chi connectivity index (χ0) is 14.8. The lowest BCUT2D eigenvalue weighted by atomic mass is 10.2. The number of nitrogens with one attached hydrogen (secondary N) is 1. The summed E-state index contributed by atoms with van der Waals surface area (Å²) in [6.07, 6.45) is 3.42. The van der Waals surface area contributed by atoms with Crippen LogP contribution in [0.2, 0.25) is 0 Å². The number of thiazole rings is 1. The Morgan fingerprint density at radius 3 is 2.81 bits per heavy atom. The van der Waals surface area contributed by atoms with Gasteiger partial charge in [0.25, 0.3) is 5.91 Å². The zero-order valence-electron chi connectivity index (χ0n) is 11.7. The first-order valence-electron chi connectivity index (χ1n) is 6.48. The molecule has 1 aromatic carbocycles. The predicted molar refractivity (Wildman–Crippen MR) is 83.1 cm³/mol. The maximum atomic E-state index is 12.4. The molecule has 0 spiro atoms. The van der Waals surface area contributed by atoms with Crippen LogP contribution in [0.1, 0.15) is 21.6 Å². The summed E-state index contributed by atoms with van der Waals surface area (Å²) in [7, 11) is 0. The van der Waals surface area contributed by atoms with Gasteiger partial charge in [0.05, 0.1) is 11.3 Å². The Kier molecular flexibility index (Phi) is 3.53. The van der Waals surface area contributed by atoms with Crippen LogP contribution in [-0.4, -0.2) is 20.7 Å². The quantitative estimate of drug-likeness (QED) is 0.807. The zero-order valence-corrected chi connectivity index (χ0v) is 12.5. The Morgan fingerprint density at radius 2 is 2.10 bits per heavy atom. The first kappa shape index (κ1) is 13.5. The van der Waals surface area contributed by atoms with Gasteiger partial charge in [-0.2, -0.15) is 5.10 Å². The molecule has 3 aromatic rings. The van der Waals surface area contributed by atoms with E-state index >= 15 is 0 Å². The van der Waals surface area contributed by atoms with E-state index < -0.39 is 0 Å². The lowest BCUT2D eigenvalue weighted by Gasteiger charge is -2.06. The minimum absolute atomic E-state index is 0.162. The number of carbonyl (C=O) groups is 1. The van der Waals surface area contributed by atoms with E-state index in [9.17, 15) is 4.79 Å². The molecule has 1 amide bonds. The number of aromatic nitrogens is 3. The monoisotopic (exact) mass is 298 g/mol. The van der Waals surface area contributed by atoms with Crippen molar-refractivity contribution in [2.24, 2.45) is 0 Å². The standard InChI is InChI=1S/C15H14N4OS/c1-10-5-3-4-6-13(10)17-14(20)12-9-19(18-11(12)2)15-16-7-8-21-15/h3-9H,1-2H3,(H,17,20). The summed E-state index contributed by atoms with van der Waals surface area (Å²) in [4.78, 5) is 16.6. The van der Waals surface area contributed by atoms with Gasteiger partial charge < -0.3 is 5.32 Å². The number of amides is 1. The van der Waals surface area contributed by atoms with Gasteiger partial charge in [-0.15, -0.1) is 11.3 Å². The van der Waals surface area contributed by atoms with E-state index in [4.69, 9.17) is 0 Å². The fourth-order valence-corrected chi connectivity index (χ4v) is 2.58. The van der Waals surface area contributed by atoms with Crippen LogP contribution in [0.15, 0.2) is 42.0 Å². The fourth-order valence-electron chi connectivity index (χ4n) is 2.01. The number of aryl methyl sites for hydroxylation is 2. The Bertz CT molecular complexity index is 777. The van der Waals surface area contributed by atoms with Crippen molar-refractivity contribution in [3.8, 4) is 5.13 Å². The van der Waals surface area contributed by atoms with E-state index in [0.29, 0.717) is 11.3 Å². The maximum absolute atomic E-state index is 12.4. The van der Waals surface area contributed by atoms with Crippen LogP contribution in [0.5, 0.6) is 0 Å². The van der Waals surface area contributed by atoms with Crippen molar-refractivity contribution in [3.05, 3.63) is 58.9 Å². The van der Waals surface area contributed by atoms with E-state index in [1.807, 2.05) is 43.5 Å². The second-order valence-corrected chi connectivity index (χ2v) is 5.53. The van der Waals surface area contributed by atoms with Crippen molar-refractivity contribution in [2.75, 3.05) is 5.32 Å². The SMILES string of the molecule is Cc1ccccc1NC(=O)c1cn(-c2nccs2)nc1C. The van der Waals surface area contributed by atoms with Crippen LogP contribution in [0.4, 0.5) is 5.69 Å². The molecule has 0 aliphatic heterocycles. The van der Waals surface area contributed by atoms with E-state index in [0.717, 1.165) is 16.4 Å². The molecule has 0 saturated heterocycles. The van der Waals surface area contributed by atoms with Crippen molar-refractivity contribution >= 4 is 22.9 Å². The lowest BCUT2D eigenvalue weighted by Crippen LogP contribution is -2.13.